The predicted molar refractivity (Wildman–Crippen MR) is 68.6 cm³/mol. The van der Waals surface area contributed by atoms with Crippen molar-refractivity contribution in [1.29, 1.82) is 0 Å². The number of H-pyrrole nitrogens is 1. The molecule has 0 amide bonds. The molecule has 0 saturated heterocycles. The highest BCUT2D eigenvalue weighted by atomic mass is 19.4. The summed E-state index contributed by atoms with van der Waals surface area (Å²) in [5.74, 6) is 0.529. The van der Waals surface area contributed by atoms with Gasteiger partial charge in [-0.05, 0) is 30.3 Å². The van der Waals surface area contributed by atoms with Crippen LogP contribution in [0.3, 0.4) is 0 Å². The van der Waals surface area contributed by atoms with Gasteiger partial charge in [0.1, 0.15) is 17.2 Å². The van der Waals surface area contributed by atoms with Crippen molar-refractivity contribution in [1.82, 2.24) is 15.0 Å². The molecule has 0 aliphatic carbocycles. The number of hydrogen-bond acceptors (Lipinski definition) is 3. The van der Waals surface area contributed by atoms with E-state index >= 15 is 0 Å². The Labute approximate surface area is 111 Å². The predicted octanol–water partition coefficient (Wildman–Crippen LogP) is 3.72. The number of nitrogens with zero attached hydrogens (tertiary/aromatic N) is 2. The lowest BCUT2D eigenvalue weighted by molar-refractivity contribution is -0.141. The molecule has 2 N–H and O–H groups in total. The summed E-state index contributed by atoms with van der Waals surface area (Å²) in [6.07, 6.45) is -1.54. The van der Waals surface area contributed by atoms with Crippen molar-refractivity contribution in [3.8, 4) is 0 Å². The molecule has 3 heterocycles. The van der Waals surface area contributed by atoms with E-state index in [9.17, 15) is 13.2 Å². The van der Waals surface area contributed by atoms with Crippen LogP contribution in [0.4, 0.5) is 24.7 Å². The Hall–Kier alpha value is -2.57. The summed E-state index contributed by atoms with van der Waals surface area (Å²) in [4.78, 5) is 10.6. The maximum atomic E-state index is 12.4. The van der Waals surface area contributed by atoms with Crippen LogP contribution in [0.1, 0.15) is 5.69 Å². The number of aromatic nitrogens is 3. The lowest BCUT2D eigenvalue weighted by Gasteiger charge is -2.08. The molecule has 0 aliphatic rings. The van der Waals surface area contributed by atoms with Crippen molar-refractivity contribution in [2.24, 2.45) is 0 Å². The number of nitrogens with one attached hydrogen (secondary N) is 2. The van der Waals surface area contributed by atoms with Crippen LogP contribution in [0.5, 0.6) is 0 Å². The molecule has 0 atom stereocenters. The molecule has 0 unspecified atom stereocenters. The zero-order valence-electron chi connectivity index (χ0n) is 10.1. The summed E-state index contributed by atoms with van der Waals surface area (Å²) in [5.41, 5.74) is 0.224. The van der Waals surface area contributed by atoms with Gasteiger partial charge in [-0.25, -0.2) is 9.97 Å². The molecule has 0 bridgehead atoms. The van der Waals surface area contributed by atoms with Gasteiger partial charge in [0.15, 0.2) is 0 Å². The Morgan fingerprint density at radius 1 is 1.05 bits per heavy atom. The van der Waals surface area contributed by atoms with Crippen molar-refractivity contribution in [2.75, 3.05) is 5.32 Å². The van der Waals surface area contributed by atoms with Crippen LogP contribution in [0.2, 0.25) is 0 Å². The van der Waals surface area contributed by atoms with Crippen LogP contribution in [0.25, 0.3) is 11.0 Å². The molecule has 0 aromatic carbocycles. The van der Waals surface area contributed by atoms with Crippen LogP contribution in [0, 0.1) is 0 Å². The van der Waals surface area contributed by atoms with Crippen LogP contribution in [0.15, 0.2) is 42.7 Å². The van der Waals surface area contributed by atoms with Crippen LogP contribution in [-0.4, -0.2) is 15.0 Å². The van der Waals surface area contributed by atoms with E-state index in [1.165, 1.54) is 6.07 Å². The summed E-state index contributed by atoms with van der Waals surface area (Å²) >= 11 is 0. The number of fused-ring (bicyclic) bond motifs is 1. The Kier molecular flexibility index (Phi) is 2.81. The van der Waals surface area contributed by atoms with Gasteiger partial charge in [-0.1, -0.05) is 0 Å². The van der Waals surface area contributed by atoms with E-state index in [4.69, 9.17) is 0 Å². The van der Waals surface area contributed by atoms with Gasteiger partial charge >= 0.3 is 6.18 Å². The molecule has 0 aliphatic heterocycles. The van der Waals surface area contributed by atoms with E-state index in [1.807, 2.05) is 12.1 Å². The first-order valence-corrected chi connectivity index (χ1v) is 5.77. The quantitative estimate of drug-likeness (QED) is 0.751. The highest BCUT2D eigenvalue weighted by Crippen LogP contribution is 2.28. The topological polar surface area (TPSA) is 53.6 Å². The zero-order valence-corrected chi connectivity index (χ0v) is 10.1. The van der Waals surface area contributed by atoms with E-state index in [2.05, 4.69) is 20.3 Å². The summed E-state index contributed by atoms with van der Waals surface area (Å²) in [6.45, 7) is 0. The van der Waals surface area contributed by atoms with Crippen molar-refractivity contribution in [3.05, 3.63) is 48.4 Å². The van der Waals surface area contributed by atoms with E-state index < -0.39 is 11.9 Å². The second kappa shape index (κ2) is 4.52. The number of hydrogen-bond donors (Lipinski definition) is 2. The lowest BCUT2D eigenvalue weighted by atomic mass is 10.3. The first-order chi connectivity index (χ1) is 9.52. The average Bonchev–Trinajstić information content (AvgIpc) is 2.86. The molecule has 4 nitrogen and oxygen atoms in total. The number of alkyl halides is 3. The number of rotatable bonds is 2. The molecular weight excluding hydrogens is 269 g/mol. The SMILES string of the molecule is FC(F)(F)c1ccc(Nc2ccc3cc[nH]c3n2)cn1. The third-order valence-corrected chi connectivity index (χ3v) is 2.74. The van der Waals surface area contributed by atoms with E-state index in [0.29, 0.717) is 17.2 Å². The highest BCUT2D eigenvalue weighted by Gasteiger charge is 2.31. The molecule has 0 saturated carbocycles. The molecule has 3 aromatic rings. The maximum absolute atomic E-state index is 12.4. The third kappa shape index (κ3) is 2.42. The van der Waals surface area contributed by atoms with E-state index in [-0.39, 0.29) is 0 Å². The van der Waals surface area contributed by atoms with E-state index in [1.54, 1.807) is 12.3 Å². The summed E-state index contributed by atoms with van der Waals surface area (Å²) in [7, 11) is 0. The Morgan fingerprint density at radius 2 is 1.90 bits per heavy atom. The fraction of sp³-hybridized carbons (Fsp3) is 0.0769. The summed E-state index contributed by atoms with van der Waals surface area (Å²) in [5, 5.41) is 3.86. The van der Waals surface area contributed by atoms with Crippen LogP contribution in [-0.2, 0) is 6.18 Å². The molecular formula is C13H9F3N4. The number of halogens is 3. The smallest absolute Gasteiger partial charge is 0.346 e. The molecule has 3 rings (SSSR count). The molecule has 0 radical (unpaired) electrons. The molecule has 0 spiro atoms. The van der Waals surface area contributed by atoms with Gasteiger partial charge in [0.05, 0.1) is 11.9 Å². The third-order valence-electron chi connectivity index (χ3n) is 2.74. The minimum absolute atomic E-state index is 0.441. The molecule has 7 heteroatoms. The standard InChI is InChI=1S/C13H9F3N4/c14-13(15,16)10-3-2-9(7-18-10)19-11-4-1-8-5-6-17-12(8)20-11/h1-7H,(H2,17,19,20). The highest BCUT2D eigenvalue weighted by molar-refractivity contribution is 5.77. The first kappa shape index (κ1) is 12.5. The maximum Gasteiger partial charge on any atom is 0.433 e. The fourth-order valence-electron chi connectivity index (χ4n) is 1.78. The van der Waals surface area contributed by atoms with Gasteiger partial charge in [0.2, 0.25) is 0 Å². The molecule has 102 valence electrons. The van der Waals surface area contributed by atoms with Crippen molar-refractivity contribution in [3.63, 3.8) is 0 Å². The monoisotopic (exact) mass is 278 g/mol. The number of pyridine rings is 2. The second-order valence-electron chi connectivity index (χ2n) is 4.17. The minimum Gasteiger partial charge on any atom is -0.346 e. The normalized spacial score (nSPS) is 11.8. The Balaban J connectivity index is 1.83. The van der Waals surface area contributed by atoms with Gasteiger partial charge in [0.25, 0.3) is 0 Å². The Bertz CT molecular complexity index is 731. The molecule has 20 heavy (non-hydrogen) atoms. The van der Waals surface area contributed by atoms with E-state index in [0.717, 1.165) is 17.6 Å². The first-order valence-electron chi connectivity index (χ1n) is 5.77. The van der Waals surface area contributed by atoms with Gasteiger partial charge in [0, 0.05) is 11.6 Å². The minimum atomic E-state index is -4.43. The molecule has 3 aromatic heterocycles. The Morgan fingerprint density at radius 3 is 2.60 bits per heavy atom. The van der Waals surface area contributed by atoms with Gasteiger partial charge in [-0.3, -0.25) is 0 Å². The number of anilines is 2. The summed E-state index contributed by atoms with van der Waals surface area (Å²) < 4.78 is 37.2. The average molecular weight is 278 g/mol. The van der Waals surface area contributed by atoms with Gasteiger partial charge in [-0.15, -0.1) is 0 Å². The largest absolute Gasteiger partial charge is 0.433 e. The zero-order chi connectivity index (χ0) is 14.2. The van der Waals surface area contributed by atoms with Crippen LogP contribution >= 0.6 is 0 Å². The summed E-state index contributed by atoms with van der Waals surface area (Å²) in [6, 6.07) is 7.73. The van der Waals surface area contributed by atoms with Gasteiger partial charge in [-0.2, -0.15) is 13.2 Å². The van der Waals surface area contributed by atoms with Crippen molar-refractivity contribution in [2.45, 2.75) is 6.18 Å². The fourth-order valence-corrected chi connectivity index (χ4v) is 1.78. The van der Waals surface area contributed by atoms with Crippen molar-refractivity contribution < 1.29 is 13.2 Å². The molecule has 0 fully saturated rings. The van der Waals surface area contributed by atoms with Crippen molar-refractivity contribution >= 4 is 22.5 Å². The number of aromatic amines is 1. The van der Waals surface area contributed by atoms with Gasteiger partial charge < -0.3 is 10.3 Å². The lowest BCUT2D eigenvalue weighted by Crippen LogP contribution is -2.07. The van der Waals surface area contributed by atoms with Crippen LogP contribution < -0.4 is 5.32 Å². The second-order valence-corrected chi connectivity index (χ2v) is 4.17.